The molecule has 0 aliphatic carbocycles. The van der Waals surface area contributed by atoms with Gasteiger partial charge in [-0.25, -0.2) is 9.59 Å². The molecule has 0 bridgehead atoms. The Morgan fingerprint density at radius 3 is 2.60 bits per heavy atom. The number of nitrogens with one attached hydrogen (secondary N) is 2. The molecule has 1 unspecified atom stereocenters. The van der Waals surface area contributed by atoms with E-state index in [2.05, 4.69) is 12.2 Å². The number of carbonyl (C=O) groups is 3. The van der Waals surface area contributed by atoms with Crippen molar-refractivity contribution in [2.45, 2.75) is 25.8 Å². The second-order valence-corrected chi connectivity index (χ2v) is 7.89. The number of urea groups is 1. The third kappa shape index (κ3) is 4.81. The number of nitrogens with zero attached hydrogens (tertiary/aromatic N) is 3. The van der Waals surface area contributed by atoms with Gasteiger partial charge in [-0.1, -0.05) is 19.1 Å². The van der Waals surface area contributed by atoms with Crippen LogP contribution in [0.1, 0.15) is 25.3 Å². The Bertz CT molecular complexity index is 836. The summed E-state index contributed by atoms with van der Waals surface area (Å²) in [6.07, 6.45) is 0.0806. The van der Waals surface area contributed by atoms with E-state index in [1.54, 1.807) is 28.0 Å². The zero-order valence-electron chi connectivity index (χ0n) is 17.0. The van der Waals surface area contributed by atoms with Crippen molar-refractivity contribution in [1.29, 1.82) is 5.41 Å². The summed E-state index contributed by atoms with van der Waals surface area (Å²) in [5.74, 6) is -0.0272. The largest absolute Gasteiger partial charge is 0.465 e. The minimum absolute atomic E-state index is 0.0234. The number of anilines is 1. The van der Waals surface area contributed by atoms with Gasteiger partial charge in [0.1, 0.15) is 12.4 Å². The maximum atomic E-state index is 13.3. The molecule has 0 saturated carbocycles. The number of amides is 4. The van der Waals surface area contributed by atoms with E-state index < -0.39 is 6.09 Å². The normalized spacial score (nSPS) is 20.2. The number of amidine groups is 1. The van der Waals surface area contributed by atoms with Crippen molar-refractivity contribution < 1.29 is 19.5 Å². The first-order valence-electron chi connectivity index (χ1n) is 10.0. The van der Waals surface area contributed by atoms with E-state index in [4.69, 9.17) is 16.2 Å². The third-order valence-electron chi connectivity index (χ3n) is 5.60. The number of carbonyl (C=O) groups excluding carboxylic acids is 2. The van der Waals surface area contributed by atoms with Crippen molar-refractivity contribution in [3.8, 4) is 0 Å². The Morgan fingerprint density at radius 2 is 1.97 bits per heavy atom. The van der Waals surface area contributed by atoms with Crippen molar-refractivity contribution in [2.24, 2.45) is 11.7 Å². The van der Waals surface area contributed by atoms with Crippen LogP contribution in [0.15, 0.2) is 24.3 Å². The van der Waals surface area contributed by atoms with Crippen LogP contribution in [0.25, 0.3) is 0 Å². The van der Waals surface area contributed by atoms with Gasteiger partial charge in [0.05, 0.1) is 0 Å². The maximum Gasteiger partial charge on any atom is 0.405 e. The van der Waals surface area contributed by atoms with Gasteiger partial charge in [-0.3, -0.25) is 15.1 Å². The lowest BCUT2D eigenvalue weighted by molar-refractivity contribution is -0.131. The lowest BCUT2D eigenvalue weighted by Gasteiger charge is -2.45. The maximum absolute atomic E-state index is 13.3. The van der Waals surface area contributed by atoms with Crippen LogP contribution in [0.4, 0.5) is 15.3 Å². The molecule has 10 nitrogen and oxygen atoms in total. The van der Waals surface area contributed by atoms with E-state index in [0.29, 0.717) is 44.6 Å². The second-order valence-electron chi connectivity index (χ2n) is 7.89. The van der Waals surface area contributed by atoms with Crippen LogP contribution in [-0.2, 0) is 4.79 Å². The molecular weight excluding hydrogens is 388 g/mol. The van der Waals surface area contributed by atoms with E-state index in [-0.39, 0.29) is 36.3 Å². The van der Waals surface area contributed by atoms with E-state index in [0.717, 1.165) is 5.69 Å². The predicted molar refractivity (Wildman–Crippen MR) is 112 cm³/mol. The summed E-state index contributed by atoms with van der Waals surface area (Å²) in [7, 11) is 0. The predicted octanol–water partition coefficient (Wildman–Crippen LogP) is 1.11. The van der Waals surface area contributed by atoms with Gasteiger partial charge >= 0.3 is 12.1 Å². The summed E-state index contributed by atoms with van der Waals surface area (Å²) in [6.45, 7) is 4.08. The molecule has 2 aliphatic heterocycles. The monoisotopic (exact) mass is 416 g/mol. The molecular formula is C20H28N6O4. The molecule has 2 aliphatic rings. The van der Waals surface area contributed by atoms with Gasteiger partial charge in [0.2, 0.25) is 5.91 Å². The highest BCUT2D eigenvalue weighted by Crippen LogP contribution is 2.27. The smallest absolute Gasteiger partial charge is 0.405 e. The zero-order chi connectivity index (χ0) is 21.8. The number of hydrogen-bond acceptors (Lipinski definition) is 4. The molecule has 5 N–H and O–H groups in total. The van der Waals surface area contributed by atoms with Gasteiger partial charge in [-0.15, -0.1) is 0 Å². The second kappa shape index (κ2) is 9.02. The number of hydrogen-bond donors (Lipinski definition) is 4. The molecule has 2 saturated heterocycles. The lowest BCUT2D eigenvalue weighted by atomic mass is 9.99. The summed E-state index contributed by atoms with van der Waals surface area (Å²) in [6, 6.07) is 7.08. The summed E-state index contributed by atoms with van der Waals surface area (Å²) >= 11 is 0. The highest BCUT2D eigenvalue weighted by atomic mass is 16.4. The molecule has 0 aromatic heterocycles. The van der Waals surface area contributed by atoms with Crippen LogP contribution < -0.4 is 16.0 Å². The fraction of sp³-hybridized carbons (Fsp3) is 0.500. The highest BCUT2D eigenvalue weighted by Gasteiger charge is 2.37. The fourth-order valence-corrected chi connectivity index (χ4v) is 4.07. The molecule has 0 spiro atoms. The summed E-state index contributed by atoms with van der Waals surface area (Å²) in [5.41, 5.74) is 6.89. The number of piperidine rings is 1. The molecule has 0 radical (unpaired) electrons. The molecule has 2 heterocycles. The molecule has 2 fully saturated rings. The molecule has 162 valence electrons. The molecule has 1 aromatic carbocycles. The van der Waals surface area contributed by atoms with Crippen LogP contribution in [0.2, 0.25) is 0 Å². The average Bonchev–Trinajstić information content (AvgIpc) is 2.73. The van der Waals surface area contributed by atoms with Crippen molar-refractivity contribution in [2.75, 3.05) is 37.6 Å². The van der Waals surface area contributed by atoms with Gasteiger partial charge < -0.3 is 26.0 Å². The SMILES string of the molecule is CC1CN(c2cccc(C(=N)N)c2)C(=O)N(C2CCN(C(=O)CNC(=O)O)CC2)C1. The zero-order valence-corrected chi connectivity index (χ0v) is 17.0. The van der Waals surface area contributed by atoms with Gasteiger partial charge in [0.25, 0.3) is 0 Å². The first-order valence-corrected chi connectivity index (χ1v) is 10.0. The van der Waals surface area contributed by atoms with E-state index in [1.165, 1.54) is 0 Å². The van der Waals surface area contributed by atoms with Crippen LogP contribution in [0.3, 0.4) is 0 Å². The van der Waals surface area contributed by atoms with Gasteiger partial charge in [0, 0.05) is 43.5 Å². The topological polar surface area (TPSA) is 143 Å². The van der Waals surface area contributed by atoms with Gasteiger partial charge in [-0.05, 0) is 30.9 Å². The number of benzene rings is 1. The minimum Gasteiger partial charge on any atom is -0.465 e. The van der Waals surface area contributed by atoms with Crippen LogP contribution in [0.5, 0.6) is 0 Å². The molecule has 3 rings (SSSR count). The van der Waals surface area contributed by atoms with Crippen LogP contribution in [-0.4, -0.2) is 77.5 Å². The Labute approximate surface area is 175 Å². The van der Waals surface area contributed by atoms with Gasteiger partial charge in [0.15, 0.2) is 0 Å². The summed E-state index contributed by atoms with van der Waals surface area (Å²) in [4.78, 5) is 41.2. The van der Waals surface area contributed by atoms with Crippen molar-refractivity contribution in [1.82, 2.24) is 15.1 Å². The highest BCUT2D eigenvalue weighted by molar-refractivity contribution is 5.98. The number of likely N-dealkylation sites (tertiary alicyclic amines) is 1. The van der Waals surface area contributed by atoms with Crippen molar-refractivity contribution in [3.63, 3.8) is 0 Å². The van der Waals surface area contributed by atoms with Crippen molar-refractivity contribution >= 4 is 29.6 Å². The molecule has 10 heteroatoms. The molecule has 30 heavy (non-hydrogen) atoms. The number of nitrogen functional groups attached to an aromatic ring is 1. The third-order valence-corrected chi connectivity index (χ3v) is 5.60. The average molecular weight is 416 g/mol. The first-order chi connectivity index (χ1) is 14.3. The van der Waals surface area contributed by atoms with Crippen molar-refractivity contribution in [3.05, 3.63) is 29.8 Å². The quantitative estimate of drug-likeness (QED) is 0.420. The Kier molecular flexibility index (Phi) is 6.43. The number of carboxylic acid groups (broad SMARTS) is 1. The van der Waals surface area contributed by atoms with E-state index in [1.807, 2.05) is 11.0 Å². The van der Waals surface area contributed by atoms with Crippen LogP contribution >= 0.6 is 0 Å². The number of rotatable bonds is 5. The summed E-state index contributed by atoms with van der Waals surface area (Å²) < 4.78 is 0. The minimum atomic E-state index is -1.22. The molecule has 1 aromatic rings. The summed E-state index contributed by atoms with van der Waals surface area (Å²) in [5, 5.41) is 18.4. The Hall–Kier alpha value is -3.30. The molecule has 1 atom stereocenters. The Balaban J connectivity index is 1.66. The van der Waals surface area contributed by atoms with E-state index >= 15 is 0 Å². The van der Waals surface area contributed by atoms with E-state index in [9.17, 15) is 14.4 Å². The lowest BCUT2D eigenvalue weighted by Crippen LogP contribution is -2.59. The molecule has 4 amide bonds. The first kappa shape index (κ1) is 21.4. The Morgan fingerprint density at radius 1 is 1.27 bits per heavy atom. The fourth-order valence-electron chi connectivity index (χ4n) is 4.07. The standard InChI is InChI=1S/C20H28N6O4/c1-13-11-25(15-5-7-24(8-6-15)17(27)10-23-19(28)29)20(30)26(12-13)16-4-2-3-14(9-16)18(21)22/h2-4,9,13,15,23H,5-8,10-12H2,1H3,(H3,21,22)(H,28,29). The van der Waals surface area contributed by atoms with Crippen LogP contribution in [0, 0.1) is 11.3 Å². The number of nitrogens with two attached hydrogens (primary N) is 1. The van der Waals surface area contributed by atoms with Gasteiger partial charge in [-0.2, -0.15) is 0 Å².